The van der Waals surface area contributed by atoms with Gasteiger partial charge in [0.1, 0.15) is 10.4 Å². The Labute approximate surface area is 200 Å². The van der Waals surface area contributed by atoms with E-state index in [2.05, 4.69) is 13.0 Å². The molecule has 32 heavy (non-hydrogen) atoms. The number of hydrogen-bond donors (Lipinski definition) is 0. The summed E-state index contributed by atoms with van der Waals surface area (Å²) < 4.78 is 0.837. The van der Waals surface area contributed by atoms with E-state index in [1.807, 2.05) is 26.8 Å². The van der Waals surface area contributed by atoms with Crippen molar-refractivity contribution in [1.29, 1.82) is 0 Å². The maximum atomic E-state index is 13.8. The van der Waals surface area contributed by atoms with Crippen LogP contribution in [0.3, 0.4) is 0 Å². The number of imide groups is 1. The lowest BCUT2D eigenvalue weighted by atomic mass is 9.81. The maximum Gasteiger partial charge on any atom is 0.247 e. The predicted molar refractivity (Wildman–Crippen MR) is 131 cm³/mol. The molecular formula is C24H26N2O3S3. The lowest BCUT2D eigenvalue weighted by Gasteiger charge is -2.43. The van der Waals surface area contributed by atoms with E-state index in [0.717, 1.165) is 62.3 Å². The number of carbonyl (C=O) groups is 3. The molecule has 1 aromatic carbocycles. The zero-order valence-electron chi connectivity index (χ0n) is 18.7. The molecular weight excluding hydrogens is 460 g/mol. The first-order chi connectivity index (χ1) is 15.1. The molecule has 3 aliphatic rings. The summed E-state index contributed by atoms with van der Waals surface area (Å²) in [6.45, 7) is 7.93. The Bertz CT molecular complexity index is 1200. The summed E-state index contributed by atoms with van der Waals surface area (Å²) in [6, 6.07) is 4.15. The summed E-state index contributed by atoms with van der Waals surface area (Å²) in [5, 5.41) is 0. The van der Waals surface area contributed by atoms with Crippen molar-refractivity contribution in [3.05, 3.63) is 32.0 Å². The minimum absolute atomic E-state index is 0.171. The van der Waals surface area contributed by atoms with Crippen LogP contribution in [0.5, 0.6) is 0 Å². The van der Waals surface area contributed by atoms with Crippen LogP contribution in [0, 0.1) is 29.5 Å². The summed E-state index contributed by atoms with van der Waals surface area (Å²) in [5.74, 6) is -1.06. The third kappa shape index (κ3) is 3.06. The number of hydrogen-bond acceptors (Lipinski definition) is 6. The van der Waals surface area contributed by atoms with Crippen LogP contribution in [0.15, 0.2) is 12.1 Å². The first-order valence-corrected chi connectivity index (χ1v) is 13.6. The molecule has 5 rings (SSSR count). The van der Waals surface area contributed by atoms with Gasteiger partial charge in [0.25, 0.3) is 0 Å². The second kappa shape index (κ2) is 7.57. The van der Waals surface area contributed by atoms with Crippen LogP contribution in [-0.4, -0.2) is 29.2 Å². The van der Waals surface area contributed by atoms with E-state index in [-0.39, 0.29) is 36.1 Å². The average molecular weight is 487 g/mol. The van der Waals surface area contributed by atoms with Crippen molar-refractivity contribution >= 4 is 56.3 Å². The summed E-state index contributed by atoms with van der Waals surface area (Å²) in [7, 11) is 3.17. The zero-order chi connectivity index (χ0) is 22.9. The van der Waals surface area contributed by atoms with E-state index in [4.69, 9.17) is 12.2 Å². The predicted octanol–water partition coefficient (Wildman–Crippen LogP) is 5.58. The molecule has 3 heterocycles. The van der Waals surface area contributed by atoms with Gasteiger partial charge in [0.15, 0.2) is 0 Å². The Hall–Kier alpha value is -1.90. The van der Waals surface area contributed by atoms with Gasteiger partial charge >= 0.3 is 0 Å². The van der Waals surface area contributed by atoms with Crippen LogP contribution in [-0.2, 0) is 19.9 Å². The summed E-state index contributed by atoms with van der Waals surface area (Å²) in [5.41, 5.74) is 4.42. The standard InChI is InChI=1S/C24H26N2O3S3/c1-12-9-16-17(10-13(12)2)26(24(3,4)20-19(16)23(30)32-31-20)18(27)11-25-21(28)14-7-5-6-8-15(14)22(25)29/h9-10,14-15H,5-8,11H2,1-4H3/t14-,15-/m0/s1. The SMILES string of the molecule is Cc1cc2c(cc1C)N(C(=O)CN1C(=O)[C@H]3CCCC[C@@H]3C1=O)C(C)(C)c1ssc(=S)c1-2. The highest BCUT2D eigenvalue weighted by Gasteiger charge is 2.50. The van der Waals surface area contributed by atoms with Gasteiger partial charge in [-0.2, -0.15) is 0 Å². The number of anilines is 1. The van der Waals surface area contributed by atoms with E-state index in [0.29, 0.717) is 0 Å². The van der Waals surface area contributed by atoms with Gasteiger partial charge in [0, 0.05) is 11.1 Å². The molecule has 0 radical (unpaired) electrons. The number of fused-ring (bicyclic) bond motifs is 4. The van der Waals surface area contributed by atoms with E-state index < -0.39 is 5.54 Å². The van der Waals surface area contributed by atoms with Crippen LogP contribution in [0.25, 0.3) is 11.1 Å². The molecule has 168 valence electrons. The van der Waals surface area contributed by atoms with Crippen molar-refractivity contribution in [2.45, 2.75) is 58.9 Å². The van der Waals surface area contributed by atoms with Gasteiger partial charge in [-0.1, -0.05) is 45.7 Å². The quantitative estimate of drug-likeness (QED) is 0.316. The normalized spacial score (nSPS) is 23.8. The average Bonchev–Trinajstić information content (AvgIpc) is 3.25. The van der Waals surface area contributed by atoms with Gasteiger partial charge in [0.05, 0.1) is 27.9 Å². The fourth-order valence-corrected chi connectivity index (χ4v) is 8.80. The molecule has 2 atom stereocenters. The molecule has 2 aromatic rings. The fourth-order valence-electron chi connectivity index (χ4n) is 5.52. The minimum atomic E-state index is -0.627. The van der Waals surface area contributed by atoms with Crippen molar-refractivity contribution in [3.8, 4) is 11.1 Å². The van der Waals surface area contributed by atoms with E-state index in [9.17, 15) is 14.4 Å². The molecule has 8 heteroatoms. The molecule has 2 fully saturated rings. The summed E-state index contributed by atoms with van der Waals surface area (Å²) in [4.78, 5) is 43.9. The number of rotatable bonds is 2. The highest BCUT2D eigenvalue weighted by Crippen LogP contribution is 2.52. The van der Waals surface area contributed by atoms with Gasteiger partial charge in [-0.3, -0.25) is 24.2 Å². The van der Waals surface area contributed by atoms with Crippen molar-refractivity contribution in [2.24, 2.45) is 11.8 Å². The lowest BCUT2D eigenvalue weighted by Crippen LogP contribution is -2.52. The maximum absolute atomic E-state index is 13.8. The van der Waals surface area contributed by atoms with Crippen LogP contribution < -0.4 is 4.90 Å². The Morgan fingerprint density at radius 3 is 2.28 bits per heavy atom. The van der Waals surface area contributed by atoms with Crippen LogP contribution in [0.4, 0.5) is 5.69 Å². The second-order valence-electron chi connectivity index (χ2n) is 9.66. The molecule has 1 saturated carbocycles. The number of aryl methyl sites for hydroxylation is 2. The molecule has 1 saturated heterocycles. The number of amides is 3. The summed E-state index contributed by atoms with van der Waals surface area (Å²) in [6.07, 6.45) is 3.44. The third-order valence-corrected chi connectivity index (χ3v) is 10.7. The van der Waals surface area contributed by atoms with Crippen LogP contribution >= 0.6 is 32.9 Å². The van der Waals surface area contributed by atoms with Crippen molar-refractivity contribution < 1.29 is 14.4 Å². The molecule has 0 spiro atoms. The highest BCUT2D eigenvalue weighted by atomic mass is 32.9. The Balaban J connectivity index is 1.57. The van der Waals surface area contributed by atoms with Gasteiger partial charge in [0.2, 0.25) is 17.7 Å². The second-order valence-corrected chi connectivity index (χ2v) is 12.5. The van der Waals surface area contributed by atoms with Gasteiger partial charge in [-0.25, -0.2) is 0 Å². The molecule has 0 unspecified atom stereocenters. The van der Waals surface area contributed by atoms with E-state index in [1.165, 1.54) is 4.90 Å². The Morgan fingerprint density at radius 1 is 1.06 bits per heavy atom. The zero-order valence-corrected chi connectivity index (χ0v) is 21.1. The number of likely N-dealkylation sites (tertiary alicyclic amines) is 1. The molecule has 2 aliphatic heterocycles. The van der Waals surface area contributed by atoms with Crippen LogP contribution in [0.1, 0.15) is 55.5 Å². The van der Waals surface area contributed by atoms with Gasteiger partial charge < -0.3 is 0 Å². The van der Waals surface area contributed by atoms with Gasteiger partial charge in [-0.15, -0.1) is 0 Å². The monoisotopic (exact) mass is 486 g/mol. The number of benzene rings is 1. The van der Waals surface area contributed by atoms with Crippen molar-refractivity contribution in [1.82, 2.24) is 4.90 Å². The molecule has 0 N–H and O–H groups in total. The molecule has 0 bridgehead atoms. The fraction of sp³-hybridized carbons (Fsp3) is 0.500. The number of nitrogens with zero attached hydrogens (tertiary/aromatic N) is 2. The smallest absolute Gasteiger partial charge is 0.247 e. The third-order valence-electron chi connectivity index (χ3n) is 7.34. The topological polar surface area (TPSA) is 57.7 Å². The number of carbonyl (C=O) groups excluding carboxylic acids is 3. The van der Waals surface area contributed by atoms with E-state index in [1.54, 1.807) is 25.6 Å². The van der Waals surface area contributed by atoms with Crippen LogP contribution in [0.2, 0.25) is 0 Å². The Morgan fingerprint density at radius 2 is 1.66 bits per heavy atom. The molecule has 3 amide bonds. The van der Waals surface area contributed by atoms with Crippen molar-refractivity contribution in [3.63, 3.8) is 0 Å². The lowest BCUT2D eigenvalue weighted by molar-refractivity contribution is -0.143. The first kappa shape index (κ1) is 21.9. The largest absolute Gasteiger partial charge is 0.300 e. The molecule has 1 aliphatic carbocycles. The van der Waals surface area contributed by atoms with Crippen molar-refractivity contribution in [2.75, 3.05) is 11.4 Å². The summed E-state index contributed by atoms with van der Waals surface area (Å²) >= 11 is 5.66. The first-order valence-electron chi connectivity index (χ1n) is 11.1. The van der Waals surface area contributed by atoms with Gasteiger partial charge in [-0.05, 0) is 63.8 Å². The molecule has 1 aromatic heterocycles. The minimum Gasteiger partial charge on any atom is -0.300 e. The van der Waals surface area contributed by atoms with E-state index >= 15 is 0 Å². The highest BCUT2D eigenvalue weighted by molar-refractivity contribution is 7.80. The Kier molecular flexibility index (Phi) is 5.18. The molecule has 5 nitrogen and oxygen atoms in total.